The number of hydrogen-bond acceptors (Lipinski definition) is 3. The van der Waals surface area contributed by atoms with Crippen LogP contribution in [0, 0.1) is 16.4 Å². The molecular formula is C14H11F2KN2O2S. The number of fused-ring (bicyclic) bond motifs is 1. The predicted octanol–water partition coefficient (Wildman–Crippen LogP) is -1.08. The molecule has 8 heteroatoms. The third-order valence-corrected chi connectivity index (χ3v) is 4.14. The summed E-state index contributed by atoms with van der Waals surface area (Å²) in [6.45, 7) is 0. The summed E-state index contributed by atoms with van der Waals surface area (Å²) in [5.41, 5.74) is 0.983. The molecule has 0 amide bonds. The minimum atomic E-state index is -1.34. The van der Waals surface area contributed by atoms with Gasteiger partial charge >= 0.3 is 51.4 Å². The first-order valence-corrected chi connectivity index (χ1v) is 6.86. The summed E-state index contributed by atoms with van der Waals surface area (Å²) in [7, 11) is 0. The van der Waals surface area contributed by atoms with Crippen molar-refractivity contribution in [3.63, 3.8) is 0 Å². The van der Waals surface area contributed by atoms with E-state index in [1.165, 1.54) is 16.8 Å². The Hall–Kier alpha value is -0.384. The third-order valence-electron chi connectivity index (χ3n) is 3.82. The van der Waals surface area contributed by atoms with Gasteiger partial charge in [-0.3, -0.25) is 0 Å². The number of hydrogen-bond donors (Lipinski definition) is 1. The van der Waals surface area contributed by atoms with Gasteiger partial charge in [-0.15, -0.1) is 0 Å². The summed E-state index contributed by atoms with van der Waals surface area (Å²) < 4.78 is 28.8. The van der Waals surface area contributed by atoms with E-state index < -0.39 is 17.6 Å². The zero-order valence-electron chi connectivity index (χ0n) is 11.9. The minimum Gasteiger partial charge on any atom is -0.543 e. The van der Waals surface area contributed by atoms with Gasteiger partial charge < -0.3 is 19.5 Å². The molecule has 0 spiro atoms. The smallest absolute Gasteiger partial charge is 0.543 e. The number of aromatic carboxylic acids is 1. The molecular weight excluding hydrogens is 337 g/mol. The number of H-pyrrole nitrogens is 1. The van der Waals surface area contributed by atoms with Crippen molar-refractivity contribution in [1.29, 1.82) is 0 Å². The second kappa shape index (κ2) is 7.02. The molecule has 1 unspecified atom stereocenters. The first kappa shape index (κ1) is 18.0. The maximum Gasteiger partial charge on any atom is 1.00 e. The average molecular weight is 348 g/mol. The quantitative estimate of drug-likeness (QED) is 0.555. The van der Waals surface area contributed by atoms with Gasteiger partial charge in [0.25, 0.3) is 0 Å². The summed E-state index contributed by atoms with van der Waals surface area (Å²) in [4.78, 5) is 13.8. The van der Waals surface area contributed by atoms with E-state index in [2.05, 4.69) is 4.98 Å². The number of nitrogens with zero attached hydrogens (tertiary/aromatic N) is 1. The first-order chi connectivity index (χ1) is 9.97. The van der Waals surface area contributed by atoms with Crippen LogP contribution in [0.4, 0.5) is 8.78 Å². The van der Waals surface area contributed by atoms with E-state index in [-0.39, 0.29) is 74.3 Å². The van der Waals surface area contributed by atoms with Crippen LogP contribution in [0.3, 0.4) is 0 Å². The number of carbonyl (C=O) groups is 1. The Morgan fingerprint density at radius 3 is 2.82 bits per heavy atom. The van der Waals surface area contributed by atoms with E-state index >= 15 is 0 Å². The number of benzene rings is 1. The number of imidazole rings is 1. The third kappa shape index (κ3) is 3.27. The molecule has 2 aromatic rings. The molecule has 0 bridgehead atoms. The molecule has 22 heavy (non-hydrogen) atoms. The van der Waals surface area contributed by atoms with Crippen molar-refractivity contribution in [2.75, 3.05) is 0 Å². The van der Waals surface area contributed by atoms with E-state index in [1.54, 1.807) is 0 Å². The molecule has 1 aliphatic carbocycles. The average Bonchev–Trinajstić information content (AvgIpc) is 2.80. The van der Waals surface area contributed by atoms with Crippen molar-refractivity contribution in [1.82, 2.24) is 9.55 Å². The van der Waals surface area contributed by atoms with Gasteiger partial charge in [-0.1, -0.05) is 0 Å². The van der Waals surface area contributed by atoms with Gasteiger partial charge in [-0.25, -0.2) is 8.78 Å². The molecule has 110 valence electrons. The molecule has 0 fully saturated rings. The van der Waals surface area contributed by atoms with Crippen LogP contribution >= 0.6 is 12.2 Å². The number of aromatic nitrogens is 2. The molecule has 0 radical (unpaired) electrons. The number of carboxylic acid groups (broad SMARTS) is 1. The fourth-order valence-corrected chi connectivity index (χ4v) is 3.19. The molecule has 0 saturated heterocycles. The molecule has 1 aromatic carbocycles. The normalized spacial score (nSPS) is 16.7. The second-order valence-electron chi connectivity index (χ2n) is 5.06. The Bertz CT molecular complexity index is 788. The Kier molecular flexibility index (Phi) is 5.73. The number of aryl methyl sites for hydroxylation is 1. The second-order valence-corrected chi connectivity index (χ2v) is 5.45. The molecule has 1 heterocycles. The number of halogens is 2. The van der Waals surface area contributed by atoms with Gasteiger partial charge in [-0.05, 0) is 48.7 Å². The first-order valence-electron chi connectivity index (χ1n) is 6.45. The van der Waals surface area contributed by atoms with E-state index in [4.69, 9.17) is 12.2 Å². The SMILES string of the molecule is O=C([O-])c1c[nH]c(=S)n1C1CCc2cc(F)cc(F)c2C1.[K+]. The molecule has 4 nitrogen and oxygen atoms in total. The number of aromatic amines is 1. The van der Waals surface area contributed by atoms with Crippen molar-refractivity contribution in [2.45, 2.75) is 25.3 Å². The maximum atomic E-state index is 13.9. The summed E-state index contributed by atoms with van der Waals surface area (Å²) in [6, 6.07) is 1.88. The molecule has 1 aromatic heterocycles. The van der Waals surface area contributed by atoms with Gasteiger partial charge in [0, 0.05) is 18.3 Å². The van der Waals surface area contributed by atoms with Crippen LogP contribution in [0.15, 0.2) is 18.3 Å². The zero-order chi connectivity index (χ0) is 15.1. The summed E-state index contributed by atoms with van der Waals surface area (Å²) in [5, 5.41) is 11.1. The van der Waals surface area contributed by atoms with Crippen LogP contribution in [0.25, 0.3) is 0 Å². The summed E-state index contributed by atoms with van der Waals surface area (Å²) in [6.07, 6.45) is 2.57. The molecule has 1 atom stereocenters. The largest absolute Gasteiger partial charge is 1.00 e. The van der Waals surface area contributed by atoms with Crippen molar-refractivity contribution in [3.05, 3.63) is 51.6 Å². The van der Waals surface area contributed by atoms with E-state index in [0.717, 1.165) is 6.07 Å². The van der Waals surface area contributed by atoms with E-state index in [9.17, 15) is 18.7 Å². The summed E-state index contributed by atoms with van der Waals surface area (Å²) >= 11 is 5.09. The molecule has 0 aliphatic heterocycles. The molecule has 1 N–H and O–H groups in total. The van der Waals surface area contributed by atoms with Crippen LogP contribution in [0.5, 0.6) is 0 Å². The van der Waals surface area contributed by atoms with E-state index in [0.29, 0.717) is 24.0 Å². The minimum absolute atomic E-state index is 0. The van der Waals surface area contributed by atoms with Gasteiger partial charge in [0.15, 0.2) is 4.77 Å². The zero-order valence-corrected chi connectivity index (χ0v) is 15.8. The van der Waals surface area contributed by atoms with Gasteiger partial charge in [0.2, 0.25) is 0 Å². The Morgan fingerprint density at radius 1 is 1.41 bits per heavy atom. The standard InChI is InChI=1S/C14H12F2N2O2S.K/c15-8-3-7-1-2-9(5-10(7)11(16)4-8)18-12(13(19)20)6-17-14(18)21;/h3-4,6,9H,1-2,5H2,(H,17,21)(H,19,20);/q;+1/p-1. The van der Waals surface area contributed by atoms with Crippen LogP contribution in [-0.2, 0) is 12.8 Å². The molecule has 1 aliphatic rings. The number of nitrogens with one attached hydrogen (secondary N) is 1. The number of carboxylic acids is 1. The van der Waals surface area contributed by atoms with Crippen LogP contribution in [0.1, 0.15) is 34.1 Å². The van der Waals surface area contributed by atoms with Crippen molar-refractivity contribution in [2.24, 2.45) is 0 Å². The fraction of sp³-hybridized carbons (Fsp3) is 0.286. The van der Waals surface area contributed by atoms with Crippen molar-refractivity contribution < 1.29 is 70.1 Å². The Labute approximate surface area is 173 Å². The number of rotatable bonds is 2. The summed E-state index contributed by atoms with van der Waals surface area (Å²) in [5.74, 6) is -2.54. The Balaban J connectivity index is 0.00000176. The maximum absolute atomic E-state index is 13.9. The fourth-order valence-electron chi connectivity index (χ4n) is 2.89. The monoisotopic (exact) mass is 348 g/mol. The van der Waals surface area contributed by atoms with Crippen molar-refractivity contribution in [3.8, 4) is 0 Å². The van der Waals surface area contributed by atoms with Gasteiger partial charge in [0.05, 0.1) is 11.7 Å². The van der Waals surface area contributed by atoms with Crippen LogP contribution in [-0.4, -0.2) is 15.5 Å². The van der Waals surface area contributed by atoms with Gasteiger partial charge in [0.1, 0.15) is 11.6 Å². The molecule has 0 saturated carbocycles. The van der Waals surface area contributed by atoms with E-state index in [1.807, 2.05) is 0 Å². The topological polar surface area (TPSA) is 60.8 Å². The van der Waals surface area contributed by atoms with Crippen LogP contribution in [0.2, 0.25) is 0 Å². The van der Waals surface area contributed by atoms with Crippen LogP contribution < -0.4 is 56.5 Å². The molecule has 3 rings (SSSR count). The van der Waals surface area contributed by atoms with Gasteiger partial charge in [-0.2, -0.15) is 0 Å². The van der Waals surface area contributed by atoms with Crippen molar-refractivity contribution >= 4 is 18.2 Å². The predicted molar refractivity (Wildman–Crippen MR) is 71.4 cm³/mol. The Morgan fingerprint density at radius 2 is 2.14 bits per heavy atom. The number of carbonyl (C=O) groups excluding carboxylic acids is 1.